The first kappa shape index (κ1) is 8.17. The van der Waals surface area contributed by atoms with Crippen LogP contribution in [0.3, 0.4) is 0 Å². The average molecular weight is 299 g/mol. The molecule has 3 heterocycles. The fourth-order valence-corrected chi connectivity index (χ4v) is 3.75. The zero-order valence-electron chi connectivity index (χ0n) is 6.91. The summed E-state index contributed by atoms with van der Waals surface area (Å²) in [6.45, 7) is 0. The van der Waals surface area contributed by atoms with Gasteiger partial charge < -0.3 is 0 Å². The number of nitrogens with zero attached hydrogens (tertiary/aromatic N) is 6. The quantitative estimate of drug-likeness (QED) is 0.445. The van der Waals surface area contributed by atoms with Gasteiger partial charge in [-0.05, 0) is 0 Å². The number of benzene rings is 1. The Bertz CT molecular complexity index is 590. The molecule has 0 saturated carbocycles. The fraction of sp³-hybridized carbons (Fsp3) is 0. The molecule has 0 atom stereocenters. The van der Waals surface area contributed by atoms with Gasteiger partial charge in [0.25, 0.3) is 0 Å². The standard InChI is InChI=1S/C6N6S2Se/c7-1-2-4(10-14-8-2)6-5(11-15-12-6)3(1)9-13-7. The van der Waals surface area contributed by atoms with Crippen molar-refractivity contribution in [1.82, 2.24) is 25.5 Å². The predicted octanol–water partition coefficient (Wildman–Crippen LogP) is 0.696. The van der Waals surface area contributed by atoms with Crippen molar-refractivity contribution in [3.05, 3.63) is 0 Å². The summed E-state index contributed by atoms with van der Waals surface area (Å²) in [6, 6.07) is 0. The molecule has 0 N–H and O–H groups in total. The van der Waals surface area contributed by atoms with Crippen molar-refractivity contribution in [2.24, 2.45) is 0 Å². The van der Waals surface area contributed by atoms with E-state index in [1.54, 1.807) is 0 Å². The molecule has 0 radical (unpaired) electrons. The summed E-state index contributed by atoms with van der Waals surface area (Å²) in [6.07, 6.45) is 0. The van der Waals surface area contributed by atoms with Gasteiger partial charge in [-0.15, -0.1) is 0 Å². The summed E-state index contributed by atoms with van der Waals surface area (Å²) in [4.78, 5) is 0. The molecule has 4 aromatic rings. The second-order valence-corrected chi connectivity index (χ2v) is 5.05. The maximum atomic E-state index is 4.37. The number of hydrogen-bond donors (Lipinski definition) is 0. The van der Waals surface area contributed by atoms with Crippen molar-refractivity contribution >= 4 is 71.5 Å². The number of hydrogen-bond acceptors (Lipinski definition) is 8. The number of rotatable bonds is 0. The molecule has 0 aliphatic heterocycles. The van der Waals surface area contributed by atoms with Crippen LogP contribution in [-0.4, -0.2) is 40.4 Å². The minimum atomic E-state index is -0.0726. The molecule has 0 bridgehead atoms. The Morgan fingerprint density at radius 2 is 1.00 bits per heavy atom. The molecule has 0 amide bonds. The first-order chi connectivity index (χ1) is 7.45. The Kier molecular flexibility index (Phi) is 1.50. The molecule has 0 fully saturated rings. The van der Waals surface area contributed by atoms with E-state index in [2.05, 4.69) is 25.5 Å². The van der Waals surface area contributed by atoms with Crippen LogP contribution in [0.5, 0.6) is 0 Å². The molecule has 0 saturated heterocycles. The van der Waals surface area contributed by atoms with Crippen LogP contribution in [0.25, 0.3) is 33.1 Å². The molecule has 0 aliphatic carbocycles. The van der Waals surface area contributed by atoms with Gasteiger partial charge in [-0.3, -0.25) is 0 Å². The number of aromatic nitrogens is 6. The van der Waals surface area contributed by atoms with Crippen LogP contribution >= 0.6 is 23.5 Å². The maximum absolute atomic E-state index is 4.37. The number of fused-ring (bicyclic) bond motifs is 6. The molecule has 15 heavy (non-hydrogen) atoms. The van der Waals surface area contributed by atoms with Gasteiger partial charge in [0.15, 0.2) is 0 Å². The van der Waals surface area contributed by atoms with Crippen LogP contribution in [0.2, 0.25) is 0 Å². The van der Waals surface area contributed by atoms with Gasteiger partial charge >= 0.3 is 97.0 Å². The van der Waals surface area contributed by atoms with Gasteiger partial charge in [-0.2, -0.15) is 0 Å². The zero-order valence-corrected chi connectivity index (χ0v) is 10.3. The summed E-state index contributed by atoms with van der Waals surface area (Å²) < 4.78 is 25.7. The Balaban J connectivity index is 2.56. The van der Waals surface area contributed by atoms with E-state index in [1.807, 2.05) is 0 Å². The van der Waals surface area contributed by atoms with Crippen molar-refractivity contribution in [2.75, 3.05) is 0 Å². The van der Waals surface area contributed by atoms with E-state index >= 15 is 0 Å². The first-order valence-corrected chi connectivity index (χ1v) is 6.93. The fourth-order valence-electron chi connectivity index (χ4n) is 1.50. The second kappa shape index (κ2) is 2.76. The third-order valence-corrected chi connectivity index (χ3v) is 4.30. The summed E-state index contributed by atoms with van der Waals surface area (Å²) in [5.41, 5.74) is 4.94. The van der Waals surface area contributed by atoms with E-state index in [4.69, 9.17) is 0 Å². The van der Waals surface area contributed by atoms with Crippen molar-refractivity contribution < 1.29 is 0 Å². The van der Waals surface area contributed by atoms with Gasteiger partial charge in [0, 0.05) is 0 Å². The first-order valence-electron chi connectivity index (χ1n) is 3.94. The van der Waals surface area contributed by atoms with E-state index < -0.39 is 0 Å². The molecular formula is C6N6S2Se. The van der Waals surface area contributed by atoms with Gasteiger partial charge in [0.05, 0.1) is 0 Å². The van der Waals surface area contributed by atoms with Crippen molar-refractivity contribution in [2.45, 2.75) is 0 Å². The molecule has 0 unspecified atom stereocenters. The second-order valence-electron chi connectivity index (χ2n) is 2.88. The molecular weight excluding hydrogens is 299 g/mol. The summed E-state index contributed by atoms with van der Waals surface area (Å²) in [7, 11) is 0. The average Bonchev–Trinajstić information content (AvgIpc) is 2.97. The Morgan fingerprint density at radius 3 is 1.47 bits per heavy atom. The van der Waals surface area contributed by atoms with Gasteiger partial charge in [0.1, 0.15) is 0 Å². The van der Waals surface area contributed by atoms with Crippen LogP contribution in [0.1, 0.15) is 0 Å². The van der Waals surface area contributed by atoms with Gasteiger partial charge in [0.2, 0.25) is 0 Å². The molecule has 3 aromatic heterocycles. The van der Waals surface area contributed by atoms with Crippen molar-refractivity contribution in [3.8, 4) is 0 Å². The zero-order chi connectivity index (χ0) is 9.83. The van der Waals surface area contributed by atoms with E-state index in [1.165, 1.54) is 23.5 Å². The monoisotopic (exact) mass is 300 g/mol. The third kappa shape index (κ3) is 0.932. The molecule has 6 nitrogen and oxygen atoms in total. The van der Waals surface area contributed by atoms with Crippen molar-refractivity contribution in [3.63, 3.8) is 0 Å². The molecule has 4 rings (SSSR count). The van der Waals surface area contributed by atoms with E-state index in [0.29, 0.717) is 0 Å². The Morgan fingerprint density at radius 1 is 0.600 bits per heavy atom. The van der Waals surface area contributed by atoms with E-state index in [9.17, 15) is 0 Å². The Hall–Kier alpha value is -1.02. The van der Waals surface area contributed by atoms with Crippen molar-refractivity contribution in [1.29, 1.82) is 0 Å². The van der Waals surface area contributed by atoms with Gasteiger partial charge in [-0.25, -0.2) is 0 Å². The summed E-state index contributed by atoms with van der Waals surface area (Å²) in [5, 5.41) is 0. The van der Waals surface area contributed by atoms with Gasteiger partial charge in [-0.1, -0.05) is 0 Å². The Labute approximate surface area is 96.8 Å². The van der Waals surface area contributed by atoms with E-state index in [-0.39, 0.29) is 15.0 Å². The molecule has 1 aromatic carbocycles. The van der Waals surface area contributed by atoms with E-state index in [0.717, 1.165) is 33.1 Å². The summed E-state index contributed by atoms with van der Waals surface area (Å²) in [5.74, 6) is 0. The normalized spacial score (nSPS) is 12.0. The van der Waals surface area contributed by atoms with Crippen LogP contribution in [0, 0.1) is 0 Å². The summed E-state index contributed by atoms with van der Waals surface area (Å²) >= 11 is 2.29. The molecule has 9 heteroatoms. The minimum absolute atomic E-state index is 0.0726. The molecule has 0 spiro atoms. The van der Waals surface area contributed by atoms with Crippen LogP contribution in [0.15, 0.2) is 0 Å². The molecule has 0 aliphatic rings. The molecule has 72 valence electrons. The topological polar surface area (TPSA) is 77.3 Å². The van der Waals surface area contributed by atoms with Crippen LogP contribution in [0.4, 0.5) is 0 Å². The van der Waals surface area contributed by atoms with Crippen LogP contribution in [-0.2, 0) is 0 Å². The SMILES string of the molecule is n1snc2c1c1nsnc1c1n[se]nc21. The predicted molar refractivity (Wildman–Crippen MR) is 58.4 cm³/mol. The van der Waals surface area contributed by atoms with Crippen LogP contribution < -0.4 is 0 Å². The third-order valence-electron chi connectivity index (χ3n) is 2.14.